The molecule has 3 heterocycles. The Kier molecular flexibility index (Phi) is 4.28. The van der Waals surface area contributed by atoms with Crippen LogP contribution in [0.3, 0.4) is 0 Å². The van der Waals surface area contributed by atoms with Crippen LogP contribution in [-0.4, -0.2) is 35.0 Å². The lowest BCUT2D eigenvalue weighted by Crippen LogP contribution is -2.43. The Balaban J connectivity index is 1.32. The lowest BCUT2D eigenvalue weighted by atomic mass is 9.77. The van der Waals surface area contributed by atoms with Gasteiger partial charge < -0.3 is 15.0 Å². The standard InChI is InChI=1S/C24H24N2O3/c1-16-7-9-18(10-8-16)14-26-15-24-12-11-19(29-24)20(21(24)23(26)28)22(27)25-13-17-5-3-2-4-6-17/h2-12,19-21H,13-15H2,1H3,(H,25,27)/t19-,20?,21-,24?/m0/s1. The molecule has 148 valence electrons. The van der Waals surface area contributed by atoms with Crippen molar-refractivity contribution in [2.75, 3.05) is 6.54 Å². The number of nitrogens with one attached hydrogen (secondary N) is 1. The van der Waals surface area contributed by atoms with E-state index in [2.05, 4.69) is 17.4 Å². The largest absolute Gasteiger partial charge is 0.360 e. The molecule has 5 rings (SSSR count). The molecule has 2 bridgehead atoms. The van der Waals surface area contributed by atoms with Crippen LogP contribution < -0.4 is 5.32 Å². The molecule has 2 aromatic carbocycles. The number of carbonyl (C=O) groups is 2. The van der Waals surface area contributed by atoms with E-state index in [1.165, 1.54) is 5.56 Å². The van der Waals surface area contributed by atoms with Gasteiger partial charge in [0.25, 0.3) is 0 Å². The predicted molar refractivity (Wildman–Crippen MR) is 109 cm³/mol. The quantitative estimate of drug-likeness (QED) is 0.801. The van der Waals surface area contributed by atoms with Gasteiger partial charge in [0.2, 0.25) is 11.8 Å². The Morgan fingerprint density at radius 1 is 1.14 bits per heavy atom. The van der Waals surface area contributed by atoms with Crippen LogP contribution in [0.2, 0.25) is 0 Å². The van der Waals surface area contributed by atoms with Crippen molar-refractivity contribution in [3.8, 4) is 0 Å². The van der Waals surface area contributed by atoms with E-state index < -0.39 is 17.4 Å². The molecule has 2 aromatic rings. The molecule has 5 nitrogen and oxygen atoms in total. The first-order valence-corrected chi connectivity index (χ1v) is 10.1. The summed E-state index contributed by atoms with van der Waals surface area (Å²) < 4.78 is 6.19. The van der Waals surface area contributed by atoms with Gasteiger partial charge in [0.05, 0.1) is 24.5 Å². The first kappa shape index (κ1) is 18.1. The molecule has 1 spiro atoms. The SMILES string of the molecule is Cc1ccc(CN2CC34C=C[C@H](O3)C(C(=O)NCc3ccccc3)[C@H]4C2=O)cc1. The number of aryl methyl sites for hydroxylation is 1. The molecule has 2 amide bonds. The Bertz CT molecular complexity index is 969. The summed E-state index contributed by atoms with van der Waals surface area (Å²) in [5, 5.41) is 3.00. The Morgan fingerprint density at radius 3 is 2.66 bits per heavy atom. The summed E-state index contributed by atoms with van der Waals surface area (Å²) >= 11 is 0. The number of nitrogens with zero attached hydrogens (tertiary/aromatic N) is 1. The molecule has 3 aliphatic heterocycles. The van der Waals surface area contributed by atoms with Crippen LogP contribution >= 0.6 is 0 Å². The zero-order chi connectivity index (χ0) is 20.0. The van der Waals surface area contributed by atoms with E-state index in [0.717, 1.165) is 11.1 Å². The van der Waals surface area contributed by atoms with E-state index in [1.807, 2.05) is 66.4 Å². The maximum absolute atomic E-state index is 13.3. The second-order valence-corrected chi connectivity index (χ2v) is 8.28. The lowest BCUT2D eigenvalue weighted by molar-refractivity contribution is -0.137. The summed E-state index contributed by atoms with van der Waals surface area (Å²) in [7, 11) is 0. The van der Waals surface area contributed by atoms with Gasteiger partial charge in [0.1, 0.15) is 5.60 Å². The Labute approximate surface area is 170 Å². The molecule has 2 unspecified atom stereocenters. The summed E-state index contributed by atoms with van der Waals surface area (Å²) in [4.78, 5) is 28.1. The molecule has 0 saturated carbocycles. The molecule has 2 fully saturated rings. The fourth-order valence-electron chi connectivity index (χ4n) is 4.83. The molecule has 5 heteroatoms. The van der Waals surface area contributed by atoms with E-state index in [9.17, 15) is 9.59 Å². The molecule has 29 heavy (non-hydrogen) atoms. The highest BCUT2D eigenvalue weighted by Gasteiger charge is 2.66. The van der Waals surface area contributed by atoms with E-state index in [0.29, 0.717) is 19.6 Å². The average molecular weight is 388 g/mol. The second-order valence-electron chi connectivity index (χ2n) is 8.28. The Hall–Kier alpha value is -2.92. The Morgan fingerprint density at radius 2 is 1.90 bits per heavy atom. The fourth-order valence-corrected chi connectivity index (χ4v) is 4.83. The van der Waals surface area contributed by atoms with E-state index >= 15 is 0 Å². The smallest absolute Gasteiger partial charge is 0.230 e. The van der Waals surface area contributed by atoms with E-state index in [-0.39, 0.29) is 17.9 Å². The van der Waals surface area contributed by atoms with Gasteiger partial charge in [-0.05, 0) is 18.1 Å². The normalized spacial score (nSPS) is 29.3. The van der Waals surface area contributed by atoms with Crippen LogP contribution in [0.25, 0.3) is 0 Å². The minimum atomic E-state index is -0.665. The molecule has 3 aliphatic rings. The monoisotopic (exact) mass is 388 g/mol. The number of fused-ring (bicyclic) bond motifs is 1. The van der Waals surface area contributed by atoms with Gasteiger partial charge in [-0.15, -0.1) is 0 Å². The van der Waals surface area contributed by atoms with E-state index in [4.69, 9.17) is 4.74 Å². The van der Waals surface area contributed by atoms with Gasteiger partial charge in [0, 0.05) is 13.1 Å². The number of ether oxygens (including phenoxy) is 1. The fraction of sp³-hybridized carbons (Fsp3) is 0.333. The van der Waals surface area contributed by atoms with Crippen LogP contribution in [0, 0.1) is 18.8 Å². The van der Waals surface area contributed by atoms with Crippen molar-refractivity contribution in [2.24, 2.45) is 11.8 Å². The maximum atomic E-state index is 13.3. The highest BCUT2D eigenvalue weighted by molar-refractivity contribution is 5.93. The maximum Gasteiger partial charge on any atom is 0.230 e. The summed E-state index contributed by atoms with van der Waals surface area (Å²) in [6, 6.07) is 18.0. The first-order valence-electron chi connectivity index (χ1n) is 10.1. The number of amides is 2. The van der Waals surface area contributed by atoms with Crippen LogP contribution in [0.5, 0.6) is 0 Å². The van der Waals surface area contributed by atoms with Crippen molar-refractivity contribution >= 4 is 11.8 Å². The molecule has 2 saturated heterocycles. The van der Waals surface area contributed by atoms with Gasteiger partial charge in [-0.2, -0.15) is 0 Å². The lowest BCUT2D eigenvalue weighted by Gasteiger charge is -2.23. The molecular weight excluding hydrogens is 364 g/mol. The number of rotatable bonds is 5. The number of hydrogen-bond donors (Lipinski definition) is 1. The van der Waals surface area contributed by atoms with Crippen molar-refractivity contribution in [1.29, 1.82) is 0 Å². The molecular formula is C24H24N2O3. The average Bonchev–Trinajstić information content (AvgIpc) is 3.37. The molecule has 1 N–H and O–H groups in total. The van der Waals surface area contributed by atoms with Crippen molar-refractivity contribution in [3.63, 3.8) is 0 Å². The van der Waals surface area contributed by atoms with Crippen molar-refractivity contribution in [3.05, 3.63) is 83.4 Å². The molecule has 4 atom stereocenters. The third-order valence-electron chi connectivity index (χ3n) is 6.29. The van der Waals surface area contributed by atoms with Crippen LogP contribution in [-0.2, 0) is 27.4 Å². The minimum absolute atomic E-state index is 0.0114. The van der Waals surface area contributed by atoms with Gasteiger partial charge in [-0.1, -0.05) is 72.3 Å². The summed E-state index contributed by atoms with van der Waals surface area (Å²) in [5.74, 6) is -1.02. The summed E-state index contributed by atoms with van der Waals surface area (Å²) in [5.41, 5.74) is 2.65. The van der Waals surface area contributed by atoms with Crippen molar-refractivity contribution in [1.82, 2.24) is 10.2 Å². The predicted octanol–water partition coefficient (Wildman–Crippen LogP) is 2.59. The highest BCUT2D eigenvalue weighted by atomic mass is 16.5. The van der Waals surface area contributed by atoms with Gasteiger partial charge in [0.15, 0.2) is 0 Å². The van der Waals surface area contributed by atoms with Crippen LogP contribution in [0.1, 0.15) is 16.7 Å². The van der Waals surface area contributed by atoms with Gasteiger partial charge >= 0.3 is 0 Å². The number of benzene rings is 2. The van der Waals surface area contributed by atoms with Crippen LogP contribution in [0.15, 0.2) is 66.7 Å². The van der Waals surface area contributed by atoms with Crippen molar-refractivity contribution in [2.45, 2.75) is 31.7 Å². The first-order chi connectivity index (χ1) is 14.1. The summed E-state index contributed by atoms with van der Waals surface area (Å²) in [6.45, 7) is 3.54. The number of hydrogen-bond acceptors (Lipinski definition) is 3. The van der Waals surface area contributed by atoms with Crippen molar-refractivity contribution < 1.29 is 14.3 Å². The van der Waals surface area contributed by atoms with Gasteiger partial charge in [-0.25, -0.2) is 0 Å². The third kappa shape index (κ3) is 3.06. The number of likely N-dealkylation sites (tertiary alicyclic amines) is 1. The minimum Gasteiger partial charge on any atom is -0.360 e. The zero-order valence-electron chi connectivity index (χ0n) is 16.4. The molecule has 0 aliphatic carbocycles. The van der Waals surface area contributed by atoms with Crippen LogP contribution in [0.4, 0.5) is 0 Å². The number of carbonyl (C=O) groups excluding carboxylic acids is 2. The second kappa shape index (κ2) is 6.85. The third-order valence-corrected chi connectivity index (χ3v) is 6.29. The van der Waals surface area contributed by atoms with Gasteiger partial charge in [-0.3, -0.25) is 9.59 Å². The van der Waals surface area contributed by atoms with E-state index in [1.54, 1.807) is 0 Å². The summed E-state index contributed by atoms with van der Waals surface area (Å²) in [6.07, 6.45) is 3.63. The molecule has 0 radical (unpaired) electrons. The molecule has 0 aromatic heterocycles. The highest BCUT2D eigenvalue weighted by Crippen LogP contribution is 2.52. The zero-order valence-corrected chi connectivity index (χ0v) is 16.4. The topological polar surface area (TPSA) is 58.6 Å².